The number of aryl methyl sites for hydroxylation is 3. The monoisotopic (exact) mass is 396 g/mol. The van der Waals surface area contributed by atoms with Crippen molar-refractivity contribution in [1.29, 1.82) is 0 Å². The molecular weight excluding hydrogens is 368 g/mol. The van der Waals surface area contributed by atoms with Crippen LogP contribution < -0.4 is 10.6 Å². The molecule has 0 spiro atoms. The SMILES string of the molecule is Cc1cccc(NC(=S)N2CCN(CC(=O)Nc3c(C)cccc3C)CC2)c1. The standard InChI is InChI=1S/C22H28N4OS/c1-16-6-4-9-19(14-16)23-22(28)26-12-10-25(11-13-26)15-20(27)24-21-17(2)7-5-8-18(21)3/h4-9,14H,10-13,15H2,1-3H3,(H,23,28)(H,24,27). The zero-order chi connectivity index (χ0) is 20.1. The molecule has 2 aromatic carbocycles. The molecule has 3 rings (SSSR count). The van der Waals surface area contributed by atoms with Gasteiger partial charge >= 0.3 is 0 Å². The molecule has 1 fully saturated rings. The van der Waals surface area contributed by atoms with Crippen molar-refractivity contribution in [3.8, 4) is 0 Å². The maximum atomic E-state index is 12.5. The third kappa shape index (κ3) is 5.30. The number of carbonyl (C=O) groups excluding carboxylic acids is 1. The van der Waals surface area contributed by atoms with Crippen molar-refractivity contribution in [3.63, 3.8) is 0 Å². The van der Waals surface area contributed by atoms with E-state index in [-0.39, 0.29) is 5.91 Å². The number of hydrogen-bond donors (Lipinski definition) is 2. The smallest absolute Gasteiger partial charge is 0.238 e. The number of amides is 1. The third-order valence-electron chi connectivity index (χ3n) is 5.04. The average Bonchev–Trinajstić information content (AvgIpc) is 2.65. The fraction of sp³-hybridized carbons (Fsp3) is 0.364. The van der Waals surface area contributed by atoms with Gasteiger partial charge in [0.15, 0.2) is 5.11 Å². The van der Waals surface area contributed by atoms with Crippen LogP contribution in [-0.2, 0) is 4.79 Å². The Morgan fingerprint density at radius 1 is 0.964 bits per heavy atom. The van der Waals surface area contributed by atoms with Crippen molar-refractivity contribution < 1.29 is 4.79 Å². The van der Waals surface area contributed by atoms with Gasteiger partial charge in [-0.05, 0) is 61.8 Å². The van der Waals surface area contributed by atoms with Gasteiger partial charge < -0.3 is 15.5 Å². The summed E-state index contributed by atoms with van der Waals surface area (Å²) in [6.07, 6.45) is 0. The molecule has 148 valence electrons. The van der Waals surface area contributed by atoms with Crippen LogP contribution in [-0.4, -0.2) is 53.5 Å². The number of nitrogens with zero attached hydrogens (tertiary/aromatic N) is 2. The summed E-state index contributed by atoms with van der Waals surface area (Å²) in [5.41, 5.74) is 5.32. The lowest BCUT2D eigenvalue weighted by molar-refractivity contribution is -0.117. The first-order valence-corrected chi connectivity index (χ1v) is 10.0. The Morgan fingerprint density at radius 3 is 2.25 bits per heavy atom. The van der Waals surface area contributed by atoms with Gasteiger partial charge in [0.25, 0.3) is 0 Å². The molecule has 0 aliphatic carbocycles. The number of rotatable bonds is 4. The molecule has 5 nitrogen and oxygen atoms in total. The van der Waals surface area contributed by atoms with Crippen LogP contribution in [0.1, 0.15) is 16.7 Å². The Labute approximate surface area is 172 Å². The Morgan fingerprint density at radius 2 is 1.61 bits per heavy atom. The quantitative estimate of drug-likeness (QED) is 0.774. The van der Waals surface area contributed by atoms with Crippen LogP contribution in [0.3, 0.4) is 0 Å². The fourth-order valence-electron chi connectivity index (χ4n) is 3.43. The van der Waals surface area contributed by atoms with Crippen molar-refractivity contribution in [2.24, 2.45) is 0 Å². The van der Waals surface area contributed by atoms with E-state index < -0.39 is 0 Å². The van der Waals surface area contributed by atoms with E-state index in [9.17, 15) is 4.79 Å². The van der Waals surface area contributed by atoms with Crippen LogP contribution in [0.5, 0.6) is 0 Å². The number of carbonyl (C=O) groups is 1. The topological polar surface area (TPSA) is 47.6 Å². The van der Waals surface area contributed by atoms with Gasteiger partial charge in [-0.2, -0.15) is 0 Å². The minimum Gasteiger partial charge on any atom is -0.346 e. The highest BCUT2D eigenvalue weighted by atomic mass is 32.1. The minimum absolute atomic E-state index is 0.0336. The molecule has 0 saturated carbocycles. The second-order valence-corrected chi connectivity index (χ2v) is 7.76. The molecule has 6 heteroatoms. The third-order valence-corrected chi connectivity index (χ3v) is 5.40. The number of nitrogens with one attached hydrogen (secondary N) is 2. The van der Waals surface area contributed by atoms with Crippen molar-refractivity contribution in [3.05, 3.63) is 59.2 Å². The zero-order valence-electron chi connectivity index (χ0n) is 16.8. The second kappa shape index (κ2) is 9.17. The van der Waals surface area contributed by atoms with E-state index in [0.717, 1.165) is 53.8 Å². The van der Waals surface area contributed by atoms with Crippen LogP contribution >= 0.6 is 12.2 Å². The summed E-state index contributed by atoms with van der Waals surface area (Å²) in [4.78, 5) is 16.8. The number of hydrogen-bond acceptors (Lipinski definition) is 3. The summed E-state index contributed by atoms with van der Waals surface area (Å²) < 4.78 is 0. The van der Waals surface area contributed by atoms with Crippen LogP contribution in [0.2, 0.25) is 0 Å². The Hall–Kier alpha value is -2.44. The number of benzene rings is 2. The van der Waals surface area contributed by atoms with Crippen molar-refractivity contribution in [1.82, 2.24) is 9.80 Å². The highest BCUT2D eigenvalue weighted by molar-refractivity contribution is 7.80. The molecule has 1 amide bonds. The van der Waals surface area contributed by atoms with Gasteiger partial charge in [-0.25, -0.2) is 0 Å². The lowest BCUT2D eigenvalue weighted by Crippen LogP contribution is -2.51. The molecule has 0 atom stereocenters. The molecule has 0 radical (unpaired) electrons. The van der Waals surface area contributed by atoms with Crippen LogP contribution in [0.15, 0.2) is 42.5 Å². The Kier molecular flexibility index (Phi) is 6.65. The number of anilines is 2. The average molecular weight is 397 g/mol. The van der Waals surface area contributed by atoms with Crippen molar-refractivity contribution >= 4 is 34.6 Å². The van der Waals surface area contributed by atoms with Gasteiger partial charge in [0, 0.05) is 37.6 Å². The van der Waals surface area contributed by atoms with Crippen LogP contribution in [0.4, 0.5) is 11.4 Å². The zero-order valence-corrected chi connectivity index (χ0v) is 17.6. The van der Waals surface area contributed by atoms with Gasteiger partial charge in [0.05, 0.1) is 6.54 Å². The predicted octanol–water partition coefficient (Wildman–Crippen LogP) is 3.56. The van der Waals surface area contributed by atoms with Crippen LogP contribution in [0, 0.1) is 20.8 Å². The highest BCUT2D eigenvalue weighted by Gasteiger charge is 2.21. The van der Waals surface area contributed by atoms with E-state index in [1.54, 1.807) is 0 Å². The number of piperazine rings is 1. The molecule has 1 heterocycles. The van der Waals surface area contributed by atoms with Gasteiger partial charge in [0.1, 0.15) is 0 Å². The van der Waals surface area contributed by atoms with Crippen molar-refractivity contribution in [2.75, 3.05) is 43.4 Å². The molecule has 1 aliphatic rings. The molecule has 0 aromatic heterocycles. The highest BCUT2D eigenvalue weighted by Crippen LogP contribution is 2.19. The van der Waals surface area contributed by atoms with Crippen LogP contribution in [0.25, 0.3) is 0 Å². The minimum atomic E-state index is 0.0336. The predicted molar refractivity (Wildman–Crippen MR) is 120 cm³/mol. The molecule has 0 unspecified atom stereocenters. The van der Waals surface area contributed by atoms with E-state index in [2.05, 4.69) is 39.5 Å². The molecule has 1 aliphatic heterocycles. The molecule has 2 aromatic rings. The summed E-state index contributed by atoms with van der Waals surface area (Å²) >= 11 is 5.56. The largest absolute Gasteiger partial charge is 0.346 e. The fourth-order valence-corrected chi connectivity index (χ4v) is 3.73. The molecule has 28 heavy (non-hydrogen) atoms. The molecule has 1 saturated heterocycles. The maximum absolute atomic E-state index is 12.5. The molecule has 0 bridgehead atoms. The summed E-state index contributed by atoms with van der Waals surface area (Å²) in [6.45, 7) is 9.76. The van der Waals surface area contributed by atoms with E-state index >= 15 is 0 Å². The lowest BCUT2D eigenvalue weighted by Gasteiger charge is -2.35. The lowest BCUT2D eigenvalue weighted by atomic mass is 10.1. The first kappa shape index (κ1) is 20.3. The van der Waals surface area contributed by atoms with Gasteiger partial charge in [-0.1, -0.05) is 30.3 Å². The van der Waals surface area contributed by atoms with Crippen molar-refractivity contribution in [2.45, 2.75) is 20.8 Å². The Bertz CT molecular complexity index is 839. The first-order valence-electron chi connectivity index (χ1n) is 9.63. The summed E-state index contributed by atoms with van der Waals surface area (Å²) in [5, 5.41) is 7.12. The molecular formula is C22H28N4OS. The normalized spacial score (nSPS) is 14.6. The number of para-hydroxylation sites is 1. The van der Waals surface area contributed by atoms with Gasteiger partial charge in [-0.3, -0.25) is 9.69 Å². The summed E-state index contributed by atoms with van der Waals surface area (Å²) in [6, 6.07) is 14.2. The second-order valence-electron chi connectivity index (χ2n) is 7.38. The van der Waals surface area contributed by atoms with E-state index in [1.165, 1.54) is 5.56 Å². The van der Waals surface area contributed by atoms with E-state index in [4.69, 9.17) is 12.2 Å². The Balaban J connectivity index is 1.47. The number of thiocarbonyl (C=S) groups is 1. The molecule has 2 N–H and O–H groups in total. The van der Waals surface area contributed by atoms with Gasteiger partial charge in [0.2, 0.25) is 5.91 Å². The summed E-state index contributed by atoms with van der Waals surface area (Å²) in [7, 11) is 0. The summed E-state index contributed by atoms with van der Waals surface area (Å²) in [5.74, 6) is 0.0336. The van der Waals surface area contributed by atoms with Gasteiger partial charge in [-0.15, -0.1) is 0 Å². The van der Waals surface area contributed by atoms with E-state index in [1.807, 2.05) is 44.2 Å². The first-order chi connectivity index (χ1) is 13.4. The maximum Gasteiger partial charge on any atom is 0.238 e. The van der Waals surface area contributed by atoms with E-state index in [0.29, 0.717) is 6.54 Å².